The first-order valence-electron chi connectivity index (χ1n) is 8.81. The van der Waals surface area contributed by atoms with Gasteiger partial charge < -0.3 is 16.4 Å². The van der Waals surface area contributed by atoms with Gasteiger partial charge in [-0.3, -0.25) is 9.59 Å². The SMILES string of the molecule is CC(=O)Nc1cccc(C(C)NC(=O)CC2(CN)CCCCC2)c1.Cl. The third kappa shape index (κ3) is 6.33. The second kappa shape index (κ2) is 9.78. The quantitative estimate of drug-likeness (QED) is 0.718. The van der Waals surface area contributed by atoms with Crippen LogP contribution in [0, 0.1) is 5.41 Å². The Morgan fingerprint density at radius 2 is 1.92 bits per heavy atom. The fourth-order valence-corrected chi connectivity index (χ4v) is 3.56. The normalized spacial score (nSPS) is 17.1. The van der Waals surface area contributed by atoms with E-state index in [4.69, 9.17) is 5.73 Å². The highest BCUT2D eigenvalue weighted by molar-refractivity contribution is 5.88. The molecule has 0 aliphatic heterocycles. The summed E-state index contributed by atoms with van der Waals surface area (Å²) in [4.78, 5) is 23.7. The van der Waals surface area contributed by atoms with Crippen molar-refractivity contribution < 1.29 is 9.59 Å². The Bertz CT molecular complexity index is 586. The number of rotatable bonds is 6. The molecule has 25 heavy (non-hydrogen) atoms. The summed E-state index contributed by atoms with van der Waals surface area (Å²) in [6.45, 7) is 4.02. The van der Waals surface area contributed by atoms with Crippen molar-refractivity contribution in [2.45, 2.75) is 58.4 Å². The Hall–Kier alpha value is -1.59. The minimum absolute atomic E-state index is 0. The number of nitrogens with two attached hydrogens (primary N) is 1. The Kier molecular flexibility index (Phi) is 8.39. The van der Waals surface area contributed by atoms with Gasteiger partial charge in [0.1, 0.15) is 0 Å². The molecule has 0 aromatic heterocycles. The zero-order chi connectivity index (χ0) is 17.6. The molecule has 0 radical (unpaired) electrons. The van der Waals surface area contributed by atoms with E-state index in [9.17, 15) is 9.59 Å². The van der Waals surface area contributed by atoms with Gasteiger partial charge in [-0.2, -0.15) is 0 Å². The van der Waals surface area contributed by atoms with Crippen LogP contribution in [0.2, 0.25) is 0 Å². The summed E-state index contributed by atoms with van der Waals surface area (Å²) in [5, 5.41) is 5.84. The van der Waals surface area contributed by atoms with Crippen molar-refractivity contribution in [2.24, 2.45) is 11.1 Å². The average molecular weight is 368 g/mol. The lowest BCUT2D eigenvalue weighted by atomic mass is 9.71. The maximum Gasteiger partial charge on any atom is 0.221 e. The number of anilines is 1. The molecule has 1 atom stereocenters. The van der Waals surface area contributed by atoms with Gasteiger partial charge in [0.05, 0.1) is 6.04 Å². The number of halogens is 1. The zero-order valence-corrected chi connectivity index (χ0v) is 16.0. The summed E-state index contributed by atoms with van der Waals surface area (Å²) < 4.78 is 0. The molecule has 0 bridgehead atoms. The van der Waals surface area contributed by atoms with Crippen molar-refractivity contribution in [3.8, 4) is 0 Å². The zero-order valence-electron chi connectivity index (χ0n) is 15.1. The molecule has 1 fully saturated rings. The van der Waals surface area contributed by atoms with Crippen LogP contribution in [0.25, 0.3) is 0 Å². The second-order valence-corrected chi connectivity index (χ2v) is 7.04. The molecular weight excluding hydrogens is 338 g/mol. The number of benzene rings is 1. The van der Waals surface area contributed by atoms with Crippen LogP contribution < -0.4 is 16.4 Å². The van der Waals surface area contributed by atoms with Crippen LogP contribution in [-0.4, -0.2) is 18.4 Å². The van der Waals surface area contributed by atoms with Gasteiger partial charge in [-0.25, -0.2) is 0 Å². The number of carbonyl (C=O) groups excluding carboxylic acids is 2. The van der Waals surface area contributed by atoms with Crippen molar-refractivity contribution in [3.63, 3.8) is 0 Å². The van der Waals surface area contributed by atoms with Gasteiger partial charge in [0.25, 0.3) is 0 Å². The number of amides is 2. The molecule has 1 aliphatic rings. The number of hydrogen-bond donors (Lipinski definition) is 3. The maximum atomic E-state index is 12.5. The second-order valence-electron chi connectivity index (χ2n) is 7.04. The third-order valence-corrected chi connectivity index (χ3v) is 4.97. The van der Waals surface area contributed by atoms with Crippen molar-refractivity contribution in [3.05, 3.63) is 29.8 Å². The summed E-state index contributed by atoms with van der Waals surface area (Å²) in [5.41, 5.74) is 7.66. The van der Waals surface area contributed by atoms with Crippen molar-refractivity contribution >= 4 is 29.9 Å². The first kappa shape index (κ1) is 21.5. The monoisotopic (exact) mass is 367 g/mol. The van der Waals surface area contributed by atoms with E-state index in [0.29, 0.717) is 13.0 Å². The first-order chi connectivity index (χ1) is 11.4. The molecule has 4 N–H and O–H groups in total. The molecule has 1 aromatic carbocycles. The van der Waals surface area contributed by atoms with Gasteiger partial charge in [0.15, 0.2) is 0 Å². The molecule has 2 amide bonds. The van der Waals surface area contributed by atoms with Gasteiger partial charge in [-0.15, -0.1) is 12.4 Å². The van der Waals surface area contributed by atoms with Crippen molar-refractivity contribution in [1.29, 1.82) is 0 Å². The van der Waals surface area contributed by atoms with Gasteiger partial charge in [0, 0.05) is 19.0 Å². The van der Waals surface area contributed by atoms with Crippen LogP contribution in [0.1, 0.15) is 64.0 Å². The Morgan fingerprint density at radius 1 is 1.24 bits per heavy atom. The Balaban J connectivity index is 0.00000312. The predicted molar refractivity (Wildman–Crippen MR) is 104 cm³/mol. The van der Waals surface area contributed by atoms with Gasteiger partial charge in [-0.05, 0) is 49.4 Å². The molecule has 1 aliphatic carbocycles. The van der Waals surface area contributed by atoms with Gasteiger partial charge in [0.2, 0.25) is 11.8 Å². The van der Waals surface area contributed by atoms with Crippen molar-refractivity contribution in [2.75, 3.05) is 11.9 Å². The van der Waals surface area contributed by atoms with E-state index >= 15 is 0 Å². The van der Waals surface area contributed by atoms with Crippen LogP contribution in [0.3, 0.4) is 0 Å². The summed E-state index contributed by atoms with van der Waals surface area (Å²) >= 11 is 0. The van der Waals surface area contributed by atoms with Crippen LogP contribution in [-0.2, 0) is 9.59 Å². The number of hydrogen-bond acceptors (Lipinski definition) is 3. The number of carbonyl (C=O) groups is 2. The van der Waals surface area contributed by atoms with Crippen LogP contribution in [0.4, 0.5) is 5.69 Å². The highest BCUT2D eigenvalue weighted by atomic mass is 35.5. The van der Waals surface area contributed by atoms with E-state index in [1.54, 1.807) is 0 Å². The van der Waals surface area contributed by atoms with Crippen LogP contribution in [0.15, 0.2) is 24.3 Å². The van der Waals surface area contributed by atoms with E-state index in [1.807, 2.05) is 31.2 Å². The fourth-order valence-electron chi connectivity index (χ4n) is 3.56. The third-order valence-electron chi connectivity index (χ3n) is 4.97. The lowest BCUT2D eigenvalue weighted by Gasteiger charge is -2.36. The maximum absolute atomic E-state index is 12.5. The van der Waals surface area contributed by atoms with E-state index in [-0.39, 0.29) is 35.7 Å². The molecule has 1 saturated carbocycles. The van der Waals surface area contributed by atoms with Crippen LogP contribution >= 0.6 is 12.4 Å². The molecular formula is C19H30ClN3O2. The molecule has 6 heteroatoms. The molecule has 0 spiro atoms. The molecule has 140 valence electrons. The molecule has 5 nitrogen and oxygen atoms in total. The Morgan fingerprint density at radius 3 is 2.52 bits per heavy atom. The lowest BCUT2D eigenvalue weighted by molar-refractivity contribution is -0.124. The lowest BCUT2D eigenvalue weighted by Crippen LogP contribution is -2.39. The smallest absolute Gasteiger partial charge is 0.221 e. The summed E-state index contributed by atoms with van der Waals surface area (Å²) in [5.74, 6) is -0.0502. The number of nitrogens with one attached hydrogen (secondary N) is 2. The minimum atomic E-state index is -0.107. The Labute approximate surface area is 156 Å². The molecule has 1 unspecified atom stereocenters. The highest BCUT2D eigenvalue weighted by Crippen LogP contribution is 2.38. The predicted octanol–water partition coefficient (Wildman–Crippen LogP) is 3.54. The van der Waals surface area contributed by atoms with Crippen LogP contribution in [0.5, 0.6) is 0 Å². The van der Waals surface area contributed by atoms with E-state index < -0.39 is 0 Å². The van der Waals surface area contributed by atoms with E-state index in [0.717, 1.165) is 24.1 Å². The highest BCUT2D eigenvalue weighted by Gasteiger charge is 2.33. The standard InChI is InChI=1S/C19H29N3O2.ClH/c1-14(16-7-6-8-17(11-16)22-15(2)23)21-18(24)12-19(13-20)9-4-3-5-10-19;/h6-8,11,14H,3-5,9-10,12-13,20H2,1-2H3,(H,21,24)(H,22,23);1H. The summed E-state index contributed by atoms with van der Waals surface area (Å²) in [6, 6.07) is 7.46. The molecule has 0 heterocycles. The first-order valence-corrected chi connectivity index (χ1v) is 8.81. The van der Waals surface area contributed by atoms with E-state index in [2.05, 4.69) is 10.6 Å². The fraction of sp³-hybridized carbons (Fsp3) is 0.579. The van der Waals surface area contributed by atoms with Gasteiger partial charge in [-0.1, -0.05) is 31.4 Å². The largest absolute Gasteiger partial charge is 0.350 e. The molecule has 0 saturated heterocycles. The average Bonchev–Trinajstić information content (AvgIpc) is 2.55. The van der Waals surface area contributed by atoms with Gasteiger partial charge >= 0.3 is 0 Å². The summed E-state index contributed by atoms with van der Waals surface area (Å²) in [7, 11) is 0. The van der Waals surface area contributed by atoms with Crippen molar-refractivity contribution in [1.82, 2.24) is 5.32 Å². The minimum Gasteiger partial charge on any atom is -0.350 e. The summed E-state index contributed by atoms with van der Waals surface area (Å²) in [6.07, 6.45) is 6.17. The topological polar surface area (TPSA) is 84.2 Å². The van der Waals surface area contributed by atoms with E-state index in [1.165, 1.54) is 26.2 Å². The molecule has 2 rings (SSSR count). The molecule has 1 aromatic rings.